The van der Waals surface area contributed by atoms with Crippen LogP contribution in [0.15, 0.2) is 47.4 Å². The molecule has 0 aromatic carbocycles. The van der Waals surface area contributed by atoms with Crippen LogP contribution < -0.4 is 10.6 Å². The molecule has 0 aliphatic carbocycles. The van der Waals surface area contributed by atoms with Crippen LogP contribution in [0.4, 0.5) is 0 Å². The SMILES string of the molecule is CCNC(=NCc1ccc(-n2ccnc2)nc1)NCc1nc(C(C)C)cs1.I. The third kappa shape index (κ3) is 6.26. The van der Waals surface area contributed by atoms with E-state index < -0.39 is 0 Å². The second kappa shape index (κ2) is 11.1. The number of halogens is 1. The second-order valence-corrected chi connectivity index (χ2v) is 7.31. The zero-order valence-electron chi connectivity index (χ0n) is 16.3. The Morgan fingerprint density at radius 2 is 2.14 bits per heavy atom. The summed E-state index contributed by atoms with van der Waals surface area (Å²) < 4.78 is 1.87. The summed E-state index contributed by atoms with van der Waals surface area (Å²) in [4.78, 5) is 17.8. The number of guanidine groups is 1. The van der Waals surface area contributed by atoms with Crippen molar-refractivity contribution in [2.45, 2.75) is 39.8 Å². The average Bonchev–Trinajstić information content (AvgIpc) is 3.36. The van der Waals surface area contributed by atoms with E-state index in [0.717, 1.165) is 34.6 Å². The maximum atomic E-state index is 4.65. The molecule has 2 N–H and O–H groups in total. The molecule has 0 spiro atoms. The van der Waals surface area contributed by atoms with Crippen LogP contribution in [0.3, 0.4) is 0 Å². The Morgan fingerprint density at radius 3 is 2.75 bits per heavy atom. The highest BCUT2D eigenvalue weighted by molar-refractivity contribution is 14.0. The van der Waals surface area contributed by atoms with Crippen molar-refractivity contribution in [2.24, 2.45) is 4.99 Å². The minimum absolute atomic E-state index is 0. The van der Waals surface area contributed by atoms with E-state index in [9.17, 15) is 0 Å². The molecule has 150 valence electrons. The fourth-order valence-corrected chi connectivity index (χ4v) is 3.30. The van der Waals surface area contributed by atoms with Crippen LogP contribution in [0.5, 0.6) is 0 Å². The number of nitrogens with zero attached hydrogens (tertiary/aromatic N) is 5. The molecular formula is C19H26IN7S. The number of nitrogens with one attached hydrogen (secondary N) is 2. The van der Waals surface area contributed by atoms with Gasteiger partial charge < -0.3 is 10.6 Å². The van der Waals surface area contributed by atoms with E-state index in [1.54, 1.807) is 23.9 Å². The maximum absolute atomic E-state index is 4.65. The normalized spacial score (nSPS) is 11.4. The van der Waals surface area contributed by atoms with Crippen molar-refractivity contribution < 1.29 is 0 Å². The van der Waals surface area contributed by atoms with E-state index in [1.807, 2.05) is 29.1 Å². The predicted molar refractivity (Wildman–Crippen MR) is 125 cm³/mol. The molecule has 0 aliphatic rings. The largest absolute Gasteiger partial charge is 0.357 e. The summed E-state index contributed by atoms with van der Waals surface area (Å²) in [5, 5.41) is 9.81. The molecule has 3 aromatic heterocycles. The molecule has 0 unspecified atom stereocenters. The van der Waals surface area contributed by atoms with Crippen LogP contribution in [-0.4, -0.2) is 32.0 Å². The van der Waals surface area contributed by atoms with Gasteiger partial charge in [-0.1, -0.05) is 19.9 Å². The molecule has 0 bridgehead atoms. The first-order valence-corrected chi connectivity index (χ1v) is 9.93. The smallest absolute Gasteiger partial charge is 0.191 e. The maximum Gasteiger partial charge on any atom is 0.191 e. The Labute approximate surface area is 186 Å². The second-order valence-electron chi connectivity index (χ2n) is 6.36. The first-order valence-electron chi connectivity index (χ1n) is 9.05. The Morgan fingerprint density at radius 1 is 1.29 bits per heavy atom. The number of imidazole rings is 1. The van der Waals surface area contributed by atoms with Gasteiger partial charge >= 0.3 is 0 Å². The Balaban J connectivity index is 0.00000280. The van der Waals surface area contributed by atoms with Crippen LogP contribution in [0, 0.1) is 0 Å². The van der Waals surface area contributed by atoms with E-state index in [-0.39, 0.29) is 24.0 Å². The molecule has 0 radical (unpaired) electrons. The van der Waals surface area contributed by atoms with Crippen molar-refractivity contribution in [2.75, 3.05) is 6.54 Å². The van der Waals surface area contributed by atoms with Crippen LogP contribution >= 0.6 is 35.3 Å². The lowest BCUT2D eigenvalue weighted by molar-refractivity contribution is 0.787. The first kappa shape index (κ1) is 22.3. The minimum Gasteiger partial charge on any atom is -0.357 e. The molecule has 0 amide bonds. The molecule has 9 heteroatoms. The van der Waals surface area contributed by atoms with Gasteiger partial charge in [-0.05, 0) is 24.5 Å². The average molecular weight is 511 g/mol. The molecular weight excluding hydrogens is 485 g/mol. The van der Waals surface area contributed by atoms with Gasteiger partial charge in [-0.2, -0.15) is 0 Å². The molecule has 7 nitrogen and oxygen atoms in total. The van der Waals surface area contributed by atoms with Crippen molar-refractivity contribution in [3.63, 3.8) is 0 Å². The number of hydrogen-bond acceptors (Lipinski definition) is 5. The van der Waals surface area contributed by atoms with Crippen molar-refractivity contribution in [1.29, 1.82) is 0 Å². The Hall–Kier alpha value is -2.01. The fraction of sp³-hybridized carbons (Fsp3) is 0.368. The van der Waals surface area contributed by atoms with Gasteiger partial charge in [0.15, 0.2) is 5.96 Å². The number of thiazole rings is 1. The molecule has 3 heterocycles. The van der Waals surface area contributed by atoms with Gasteiger partial charge in [0, 0.05) is 30.5 Å². The van der Waals surface area contributed by atoms with Gasteiger partial charge in [0.05, 0.1) is 18.8 Å². The third-order valence-electron chi connectivity index (χ3n) is 3.91. The van der Waals surface area contributed by atoms with E-state index >= 15 is 0 Å². The van der Waals surface area contributed by atoms with Crippen LogP contribution in [0.25, 0.3) is 5.82 Å². The Bertz CT molecular complexity index is 857. The number of hydrogen-bond donors (Lipinski definition) is 2. The van der Waals surface area contributed by atoms with Crippen LogP contribution in [0.2, 0.25) is 0 Å². The standard InChI is InChI=1S/C19H25N7S.HI/c1-4-21-19(24-11-18-25-16(12-27-18)14(2)3)23-10-15-5-6-17(22-9-15)26-8-7-20-13-26;/h5-9,12-14H,4,10-11H2,1-3H3,(H2,21,23,24);1H. The van der Waals surface area contributed by atoms with Gasteiger partial charge in [-0.25, -0.2) is 19.9 Å². The van der Waals surface area contributed by atoms with E-state index in [2.05, 4.69) is 56.7 Å². The lowest BCUT2D eigenvalue weighted by Crippen LogP contribution is -2.36. The highest BCUT2D eigenvalue weighted by Crippen LogP contribution is 2.17. The summed E-state index contributed by atoms with van der Waals surface area (Å²) in [7, 11) is 0. The highest BCUT2D eigenvalue weighted by atomic mass is 127. The third-order valence-corrected chi connectivity index (χ3v) is 4.78. The number of pyridine rings is 1. The predicted octanol–water partition coefficient (Wildman–Crippen LogP) is 3.72. The summed E-state index contributed by atoms with van der Waals surface area (Å²) in [6.07, 6.45) is 7.19. The van der Waals surface area contributed by atoms with Gasteiger partial charge in [-0.15, -0.1) is 35.3 Å². The quantitative estimate of drug-likeness (QED) is 0.287. The first-order chi connectivity index (χ1) is 13.2. The van der Waals surface area contributed by atoms with Gasteiger partial charge in [0.1, 0.15) is 17.2 Å². The van der Waals surface area contributed by atoms with E-state index in [0.29, 0.717) is 19.0 Å². The van der Waals surface area contributed by atoms with Crippen molar-refractivity contribution >= 4 is 41.3 Å². The molecule has 28 heavy (non-hydrogen) atoms. The van der Waals surface area contributed by atoms with E-state index in [4.69, 9.17) is 0 Å². The summed E-state index contributed by atoms with van der Waals surface area (Å²) >= 11 is 1.68. The van der Waals surface area contributed by atoms with Gasteiger partial charge in [-0.3, -0.25) is 4.57 Å². The summed E-state index contributed by atoms with van der Waals surface area (Å²) in [5.74, 6) is 2.07. The molecule has 0 aliphatic heterocycles. The molecule has 0 atom stereocenters. The summed E-state index contributed by atoms with van der Waals surface area (Å²) in [5.41, 5.74) is 2.19. The topological polar surface area (TPSA) is 80.0 Å². The Kier molecular flexibility index (Phi) is 8.84. The number of aliphatic imine (C=N–C) groups is 1. The van der Waals surface area contributed by atoms with Crippen LogP contribution in [-0.2, 0) is 13.1 Å². The number of aromatic nitrogens is 4. The zero-order valence-corrected chi connectivity index (χ0v) is 19.4. The lowest BCUT2D eigenvalue weighted by atomic mass is 10.2. The highest BCUT2D eigenvalue weighted by Gasteiger charge is 2.06. The van der Waals surface area contributed by atoms with Crippen molar-refractivity contribution in [1.82, 2.24) is 30.2 Å². The van der Waals surface area contributed by atoms with E-state index in [1.165, 1.54) is 0 Å². The number of rotatable bonds is 7. The van der Waals surface area contributed by atoms with Crippen molar-refractivity contribution in [3.05, 3.63) is 58.7 Å². The minimum atomic E-state index is 0. The summed E-state index contributed by atoms with van der Waals surface area (Å²) in [6, 6.07) is 4.00. The molecule has 0 saturated heterocycles. The fourth-order valence-electron chi connectivity index (χ4n) is 2.40. The molecule has 3 aromatic rings. The summed E-state index contributed by atoms with van der Waals surface area (Å²) in [6.45, 7) is 8.40. The lowest BCUT2D eigenvalue weighted by Gasteiger charge is -2.10. The molecule has 0 saturated carbocycles. The van der Waals surface area contributed by atoms with Gasteiger partial charge in [0.25, 0.3) is 0 Å². The molecule has 3 rings (SSSR count). The molecule has 0 fully saturated rings. The monoisotopic (exact) mass is 511 g/mol. The van der Waals surface area contributed by atoms with Crippen LogP contribution in [0.1, 0.15) is 43.0 Å². The zero-order chi connectivity index (χ0) is 19.1. The van der Waals surface area contributed by atoms with Crippen molar-refractivity contribution in [3.8, 4) is 5.82 Å². The van der Waals surface area contributed by atoms with Gasteiger partial charge in [0.2, 0.25) is 0 Å².